The second-order valence-electron chi connectivity index (χ2n) is 6.89. The summed E-state index contributed by atoms with van der Waals surface area (Å²) in [5.41, 5.74) is 1.23. The molecule has 0 radical (unpaired) electrons. The maximum atomic E-state index is 12.5. The zero-order chi connectivity index (χ0) is 16.9. The molecule has 3 rings (SSSR count). The average molecular weight is 326 g/mol. The molecule has 0 aliphatic heterocycles. The molecular formula is C19H26N4O. The van der Waals surface area contributed by atoms with Crippen LogP contribution in [0.15, 0.2) is 42.7 Å². The zero-order valence-corrected chi connectivity index (χ0v) is 14.5. The van der Waals surface area contributed by atoms with Crippen LogP contribution in [0.2, 0.25) is 0 Å². The lowest BCUT2D eigenvalue weighted by atomic mass is 10.2. The number of carbonyl (C=O) groups excluding carboxylic acids is 1. The largest absolute Gasteiger partial charge is 0.336 e. The van der Waals surface area contributed by atoms with Crippen molar-refractivity contribution < 1.29 is 4.79 Å². The van der Waals surface area contributed by atoms with Crippen LogP contribution >= 0.6 is 0 Å². The van der Waals surface area contributed by atoms with Gasteiger partial charge in [0.15, 0.2) is 0 Å². The van der Waals surface area contributed by atoms with Gasteiger partial charge in [0.05, 0.1) is 6.54 Å². The van der Waals surface area contributed by atoms with E-state index in [1.54, 1.807) is 0 Å². The number of amides is 2. The van der Waals surface area contributed by atoms with Crippen LogP contribution in [0.1, 0.15) is 38.1 Å². The number of carbonyl (C=O) groups is 1. The zero-order valence-electron chi connectivity index (χ0n) is 14.5. The molecule has 24 heavy (non-hydrogen) atoms. The standard InChI is InChI=1S/C19H26N4O/c1-15(2)21-19(24)23(13-17-8-9-17)14-18-20-10-11-22(18)12-16-6-4-3-5-7-16/h3-7,10-11,15,17H,8-9,12-14H2,1-2H3,(H,21,24). The van der Waals surface area contributed by atoms with Crippen molar-refractivity contribution in [2.24, 2.45) is 5.92 Å². The predicted molar refractivity (Wildman–Crippen MR) is 94.6 cm³/mol. The molecule has 0 unspecified atom stereocenters. The van der Waals surface area contributed by atoms with E-state index in [0.29, 0.717) is 12.5 Å². The first kappa shape index (κ1) is 16.6. The summed E-state index contributed by atoms with van der Waals surface area (Å²) in [6.07, 6.45) is 6.25. The molecule has 1 heterocycles. The third kappa shape index (κ3) is 4.60. The number of nitrogens with one attached hydrogen (secondary N) is 1. The van der Waals surface area contributed by atoms with E-state index in [0.717, 1.165) is 18.9 Å². The lowest BCUT2D eigenvalue weighted by Gasteiger charge is -2.24. The molecule has 1 N–H and O–H groups in total. The van der Waals surface area contributed by atoms with Crippen molar-refractivity contribution in [1.82, 2.24) is 19.8 Å². The first-order valence-corrected chi connectivity index (χ1v) is 8.71. The Hall–Kier alpha value is -2.30. The smallest absolute Gasteiger partial charge is 0.318 e. The highest BCUT2D eigenvalue weighted by Crippen LogP contribution is 2.30. The van der Waals surface area contributed by atoms with Gasteiger partial charge in [0.25, 0.3) is 0 Å². The van der Waals surface area contributed by atoms with Gasteiger partial charge in [0, 0.05) is 31.5 Å². The molecule has 0 spiro atoms. The van der Waals surface area contributed by atoms with Crippen molar-refractivity contribution in [3.05, 3.63) is 54.1 Å². The summed E-state index contributed by atoms with van der Waals surface area (Å²) in [4.78, 5) is 18.9. The molecule has 128 valence electrons. The Kier molecular flexibility index (Phi) is 5.18. The number of hydrogen-bond acceptors (Lipinski definition) is 2. The molecule has 0 saturated heterocycles. The minimum Gasteiger partial charge on any atom is -0.336 e. The summed E-state index contributed by atoms with van der Waals surface area (Å²) in [6, 6.07) is 10.5. The van der Waals surface area contributed by atoms with Crippen molar-refractivity contribution in [1.29, 1.82) is 0 Å². The number of aromatic nitrogens is 2. The van der Waals surface area contributed by atoms with E-state index < -0.39 is 0 Å². The quantitative estimate of drug-likeness (QED) is 0.849. The number of imidazole rings is 1. The summed E-state index contributed by atoms with van der Waals surface area (Å²) in [6.45, 7) is 6.12. The molecular weight excluding hydrogens is 300 g/mol. The van der Waals surface area contributed by atoms with Gasteiger partial charge in [-0.05, 0) is 38.2 Å². The minimum atomic E-state index is 0.00570. The highest BCUT2D eigenvalue weighted by molar-refractivity contribution is 5.74. The van der Waals surface area contributed by atoms with E-state index in [-0.39, 0.29) is 12.1 Å². The maximum Gasteiger partial charge on any atom is 0.318 e. The van der Waals surface area contributed by atoms with Crippen LogP contribution in [0.5, 0.6) is 0 Å². The van der Waals surface area contributed by atoms with Gasteiger partial charge < -0.3 is 14.8 Å². The van der Waals surface area contributed by atoms with Crippen LogP contribution in [0, 0.1) is 5.92 Å². The number of benzene rings is 1. The Bertz CT molecular complexity index is 661. The van der Waals surface area contributed by atoms with E-state index in [1.165, 1.54) is 18.4 Å². The van der Waals surface area contributed by atoms with Crippen LogP contribution in [-0.4, -0.2) is 33.1 Å². The topological polar surface area (TPSA) is 50.2 Å². The number of urea groups is 1. The average Bonchev–Trinajstić information content (AvgIpc) is 3.27. The molecule has 1 saturated carbocycles. The Morgan fingerprint density at radius 2 is 2.08 bits per heavy atom. The second-order valence-corrected chi connectivity index (χ2v) is 6.89. The van der Waals surface area contributed by atoms with E-state index in [2.05, 4.69) is 27.0 Å². The summed E-state index contributed by atoms with van der Waals surface area (Å²) >= 11 is 0. The molecule has 0 bridgehead atoms. The highest BCUT2D eigenvalue weighted by Gasteiger charge is 2.27. The maximum absolute atomic E-state index is 12.5. The van der Waals surface area contributed by atoms with Crippen molar-refractivity contribution >= 4 is 6.03 Å². The van der Waals surface area contributed by atoms with Gasteiger partial charge in [0.2, 0.25) is 0 Å². The number of nitrogens with zero attached hydrogens (tertiary/aromatic N) is 3. The van der Waals surface area contributed by atoms with Gasteiger partial charge in [0.1, 0.15) is 5.82 Å². The number of rotatable bonds is 7. The van der Waals surface area contributed by atoms with Crippen LogP contribution in [0.4, 0.5) is 4.79 Å². The highest BCUT2D eigenvalue weighted by atomic mass is 16.2. The van der Waals surface area contributed by atoms with E-state index in [1.807, 2.05) is 49.3 Å². The predicted octanol–water partition coefficient (Wildman–Crippen LogP) is 3.26. The molecule has 2 aromatic rings. The van der Waals surface area contributed by atoms with Gasteiger partial charge in [-0.25, -0.2) is 9.78 Å². The summed E-state index contributed by atoms with van der Waals surface area (Å²) in [5.74, 6) is 1.58. The second kappa shape index (κ2) is 7.51. The Morgan fingerprint density at radius 1 is 1.33 bits per heavy atom. The van der Waals surface area contributed by atoms with E-state index >= 15 is 0 Å². The molecule has 5 nitrogen and oxygen atoms in total. The SMILES string of the molecule is CC(C)NC(=O)N(Cc1nccn1Cc1ccccc1)CC1CC1. The van der Waals surface area contributed by atoms with Gasteiger partial charge in [-0.1, -0.05) is 30.3 Å². The van der Waals surface area contributed by atoms with E-state index in [9.17, 15) is 4.79 Å². The fourth-order valence-electron chi connectivity index (χ4n) is 2.76. The lowest BCUT2D eigenvalue weighted by Crippen LogP contribution is -2.43. The molecule has 0 atom stereocenters. The first-order chi connectivity index (χ1) is 11.6. The molecule has 1 fully saturated rings. The summed E-state index contributed by atoms with van der Waals surface area (Å²) < 4.78 is 2.12. The molecule has 1 aliphatic rings. The van der Waals surface area contributed by atoms with Crippen molar-refractivity contribution in [2.45, 2.75) is 45.8 Å². The molecule has 1 aliphatic carbocycles. The third-order valence-electron chi connectivity index (χ3n) is 4.20. The fourth-order valence-corrected chi connectivity index (χ4v) is 2.76. The Morgan fingerprint density at radius 3 is 2.75 bits per heavy atom. The van der Waals surface area contributed by atoms with Gasteiger partial charge in [-0.15, -0.1) is 0 Å². The van der Waals surface area contributed by atoms with Crippen molar-refractivity contribution in [3.8, 4) is 0 Å². The summed E-state index contributed by atoms with van der Waals surface area (Å²) in [5, 5.41) is 3.01. The Labute approximate surface area is 143 Å². The number of hydrogen-bond donors (Lipinski definition) is 1. The van der Waals surface area contributed by atoms with Gasteiger partial charge >= 0.3 is 6.03 Å². The molecule has 5 heteroatoms. The van der Waals surface area contributed by atoms with Gasteiger partial charge in [-0.3, -0.25) is 0 Å². The lowest BCUT2D eigenvalue weighted by molar-refractivity contribution is 0.187. The monoisotopic (exact) mass is 326 g/mol. The van der Waals surface area contributed by atoms with Gasteiger partial charge in [-0.2, -0.15) is 0 Å². The van der Waals surface area contributed by atoms with Crippen molar-refractivity contribution in [3.63, 3.8) is 0 Å². The Balaban J connectivity index is 1.70. The van der Waals surface area contributed by atoms with Crippen molar-refractivity contribution in [2.75, 3.05) is 6.54 Å². The third-order valence-corrected chi connectivity index (χ3v) is 4.20. The first-order valence-electron chi connectivity index (χ1n) is 8.71. The van der Waals surface area contributed by atoms with Crippen LogP contribution in [-0.2, 0) is 13.1 Å². The molecule has 2 amide bonds. The fraction of sp³-hybridized carbons (Fsp3) is 0.474. The van der Waals surface area contributed by atoms with E-state index in [4.69, 9.17) is 0 Å². The minimum absolute atomic E-state index is 0.00570. The summed E-state index contributed by atoms with van der Waals surface area (Å²) in [7, 11) is 0. The normalized spacial score (nSPS) is 14.0. The van der Waals surface area contributed by atoms with Crippen LogP contribution in [0.3, 0.4) is 0 Å². The molecule has 1 aromatic carbocycles. The van der Waals surface area contributed by atoms with Crippen LogP contribution in [0.25, 0.3) is 0 Å². The molecule has 1 aromatic heterocycles. The van der Waals surface area contributed by atoms with Crippen LogP contribution < -0.4 is 5.32 Å².